The first-order valence-corrected chi connectivity index (χ1v) is 7.96. The molecule has 1 aromatic heterocycles. The largest absolute Gasteiger partial charge is 0.326 e. The van der Waals surface area contributed by atoms with Crippen LogP contribution in [0.3, 0.4) is 0 Å². The number of rotatable bonds is 5. The Hall–Kier alpha value is -0.840. The molecule has 2 rings (SSSR count). The summed E-state index contributed by atoms with van der Waals surface area (Å²) in [5, 5.41) is 0.220. The Labute approximate surface area is 126 Å². The second-order valence-corrected chi connectivity index (χ2v) is 6.37. The summed E-state index contributed by atoms with van der Waals surface area (Å²) in [6.07, 6.45) is 4.64. The molecule has 2 atom stereocenters. The Morgan fingerprint density at radius 2 is 2.05 bits per heavy atom. The second-order valence-electron chi connectivity index (χ2n) is 4.33. The van der Waals surface area contributed by atoms with Gasteiger partial charge in [-0.25, -0.2) is 0 Å². The first-order chi connectivity index (χ1) is 9.22. The minimum Gasteiger partial charge on any atom is -0.326 e. The molecule has 0 fully saturated rings. The van der Waals surface area contributed by atoms with E-state index in [1.165, 1.54) is 10.5 Å². The monoisotopic (exact) mass is 336 g/mol. The average molecular weight is 337 g/mol. The van der Waals surface area contributed by atoms with Crippen LogP contribution in [0.5, 0.6) is 0 Å². The number of nitrogens with zero attached hydrogens (tertiary/aromatic N) is 1. The number of halogens is 1. The fraction of sp³-hybridized carbons (Fsp3) is 0.267. The number of pyridine rings is 1. The van der Waals surface area contributed by atoms with Crippen LogP contribution in [0.1, 0.15) is 24.2 Å². The fourth-order valence-electron chi connectivity index (χ4n) is 1.84. The van der Waals surface area contributed by atoms with Crippen LogP contribution in [-0.2, 0) is 0 Å². The lowest BCUT2D eigenvalue weighted by Gasteiger charge is -2.23. The van der Waals surface area contributed by atoms with Gasteiger partial charge in [-0.15, -0.1) is 11.8 Å². The molecule has 2 nitrogen and oxygen atoms in total. The van der Waals surface area contributed by atoms with E-state index in [0.717, 1.165) is 10.9 Å². The van der Waals surface area contributed by atoms with Gasteiger partial charge in [0.2, 0.25) is 0 Å². The predicted octanol–water partition coefficient (Wildman–Crippen LogP) is 4.41. The first kappa shape index (κ1) is 14.6. The van der Waals surface area contributed by atoms with Crippen LogP contribution in [0, 0.1) is 0 Å². The van der Waals surface area contributed by atoms with Crippen molar-refractivity contribution in [1.29, 1.82) is 0 Å². The summed E-state index contributed by atoms with van der Waals surface area (Å²) in [5.41, 5.74) is 7.46. The second kappa shape index (κ2) is 7.08. The van der Waals surface area contributed by atoms with Crippen molar-refractivity contribution in [2.45, 2.75) is 29.5 Å². The van der Waals surface area contributed by atoms with Crippen molar-refractivity contribution in [3.63, 3.8) is 0 Å². The molecule has 1 heterocycles. The number of benzene rings is 1. The molecular formula is C15H17BrN2S. The fourth-order valence-corrected chi connectivity index (χ4v) is 3.66. The van der Waals surface area contributed by atoms with Crippen LogP contribution >= 0.6 is 27.7 Å². The molecule has 0 saturated carbocycles. The van der Waals surface area contributed by atoms with E-state index >= 15 is 0 Å². The molecule has 0 aliphatic carbocycles. The van der Waals surface area contributed by atoms with Gasteiger partial charge < -0.3 is 5.73 Å². The number of nitrogens with two attached hydrogens (primary N) is 1. The summed E-state index contributed by atoms with van der Waals surface area (Å²) in [4.78, 5) is 5.41. The molecule has 19 heavy (non-hydrogen) atoms. The Morgan fingerprint density at radius 3 is 2.68 bits per heavy atom. The standard InChI is InChI=1S/C15H17BrN2S/c1-2-13(17)15(11-6-5-9-18-10-11)19-14-8-4-3-7-12(14)16/h3-10,13,15H,2,17H2,1H3. The SMILES string of the molecule is CCC(N)C(Sc1ccccc1Br)c1cccnc1. The molecule has 100 valence electrons. The van der Waals surface area contributed by atoms with Crippen LogP contribution in [0.2, 0.25) is 0 Å². The van der Waals surface area contributed by atoms with Gasteiger partial charge in [0.1, 0.15) is 0 Å². The van der Waals surface area contributed by atoms with E-state index in [2.05, 4.69) is 46.0 Å². The third kappa shape index (κ3) is 3.81. The van der Waals surface area contributed by atoms with Gasteiger partial charge in [0, 0.05) is 27.8 Å². The van der Waals surface area contributed by atoms with Gasteiger partial charge >= 0.3 is 0 Å². The normalized spacial score (nSPS) is 14.1. The van der Waals surface area contributed by atoms with E-state index in [-0.39, 0.29) is 11.3 Å². The van der Waals surface area contributed by atoms with Crippen molar-refractivity contribution in [1.82, 2.24) is 4.98 Å². The highest BCUT2D eigenvalue weighted by atomic mass is 79.9. The highest BCUT2D eigenvalue weighted by molar-refractivity contribution is 9.10. The van der Waals surface area contributed by atoms with Crippen molar-refractivity contribution in [3.8, 4) is 0 Å². The Morgan fingerprint density at radius 1 is 1.26 bits per heavy atom. The summed E-state index contributed by atoms with van der Waals surface area (Å²) in [6, 6.07) is 12.4. The van der Waals surface area contributed by atoms with Gasteiger partial charge in [-0.3, -0.25) is 4.98 Å². The Kier molecular flexibility index (Phi) is 5.43. The zero-order valence-corrected chi connectivity index (χ0v) is 13.2. The van der Waals surface area contributed by atoms with Crippen LogP contribution in [0.15, 0.2) is 58.2 Å². The van der Waals surface area contributed by atoms with Crippen molar-refractivity contribution in [3.05, 3.63) is 58.8 Å². The van der Waals surface area contributed by atoms with Gasteiger partial charge in [-0.2, -0.15) is 0 Å². The summed E-state index contributed by atoms with van der Waals surface area (Å²) in [7, 11) is 0. The number of hydrogen-bond donors (Lipinski definition) is 1. The molecule has 0 aliphatic heterocycles. The van der Waals surface area contributed by atoms with E-state index in [1.54, 1.807) is 18.0 Å². The lowest BCUT2D eigenvalue weighted by molar-refractivity contribution is 0.633. The number of thioether (sulfide) groups is 1. The molecule has 0 aliphatic rings. The van der Waals surface area contributed by atoms with Crippen LogP contribution in [0.4, 0.5) is 0 Å². The van der Waals surface area contributed by atoms with Gasteiger partial charge in [0.25, 0.3) is 0 Å². The van der Waals surface area contributed by atoms with E-state index < -0.39 is 0 Å². The van der Waals surface area contributed by atoms with Crippen molar-refractivity contribution >= 4 is 27.7 Å². The molecule has 2 N–H and O–H groups in total. The molecule has 0 amide bonds. The highest BCUT2D eigenvalue weighted by Crippen LogP contribution is 2.40. The molecule has 4 heteroatoms. The molecule has 0 saturated heterocycles. The zero-order chi connectivity index (χ0) is 13.7. The minimum absolute atomic E-state index is 0.112. The summed E-state index contributed by atoms with van der Waals surface area (Å²) >= 11 is 5.38. The quantitative estimate of drug-likeness (QED) is 0.821. The molecule has 0 bridgehead atoms. The van der Waals surface area contributed by atoms with Crippen molar-refractivity contribution in [2.24, 2.45) is 5.73 Å². The van der Waals surface area contributed by atoms with Crippen LogP contribution < -0.4 is 5.73 Å². The summed E-state index contributed by atoms with van der Waals surface area (Å²) in [6.45, 7) is 2.12. The average Bonchev–Trinajstić information content (AvgIpc) is 2.46. The molecule has 2 unspecified atom stereocenters. The lowest BCUT2D eigenvalue weighted by Crippen LogP contribution is -2.25. The lowest BCUT2D eigenvalue weighted by atomic mass is 10.1. The number of hydrogen-bond acceptors (Lipinski definition) is 3. The third-order valence-electron chi connectivity index (χ3n) is 2.96. The third-order valence-corrected chi connectivity index (χ3v) is 5.40. The first-order valence-electron chi connectivity index (χ1n) is 6.29. The van der Waals surface area contributed by atoms with Gasteiger partial charge in [0.05, 0.1) is 5.25 Å². The van der Waals surface area contributed by atoms with E-state index in [1.807, 2.05) is 24.4 Å². The molecule has 0 radical (unpaired) electrons. The van der Waals surface area contributed by atoms with Gasteiger partial charge in [-0.05, 0) is 46.1 Å². The zero-order valence-electron chi connectivity index (χ0n) is 10.8. The van der Waals surface area contributed by atoms with Crippen molar-refractivity contribution < 1.29 is 0 Å². The van der Waals surface area contributed by atoms with E-state index in [4.69, 9.17) is 5.73 Å². The topological polar surface area (TPSA) is 38.9 Å². The Bertz CT molecular complexity index is 519. The highest BCUT2D eigenvalue weighted by Gasteiger charge is 2.20. The summed E-state index contributed by atoms with van der Waals surface area (Å²) in [5.74, 6) is 0. The molecular weight excluding hydrogens is 320 g/mol. The predicted molar refractivity (Wildman–Crippen MR) is 85.2 cm³/mol. The number of aromatic nitrogens is 1. The van der Waals surface area contributed by atoms with Crippen LogP contribution in [0.25, 0.3) is 0 Å². The molecule has 1 aromatic carbocycles. The van der Waals surface area contributed by atoms with E-state index in [9.17, 15) is 0 Å². The van der Waals surface area contributed by atoms with E-state index in [0.29, 0.717) is 0 Å². The van der Waals surface area contributed by atoms with Gasteiger partial charge in [-0.1, -0.05) is 25.1 Å². The smallest absolute Gasteiger partial charge is 0.0511 e. The molecule has 0 spiro atoms. The Balaban J connectivity index is 2.27. The maximum absolute atomic E-state index is 6.28. The summed E-state index contributed by atoms with van der Waals surface area (Å²) < 4.78 is 1.11. The van der Waals surface area contributed by atoms with Crippen molar-refractivity contribution in [2.75, 3.05) is 0 Å². The maximum Gasteiger partial charge on any atom is 0.0511 e. The maximum atomic E-state index is 6.28. The van der Waals surface area contributed by atoms with Crippen LogP contribution in [-0.4, -0.2) is 11.0 Å². The minimum atomic E-state index is 0.112. The van der Waals surface area contributed by atoms with Gasteiger partial charge in [0.15, 0.2) is 0 Å². The molecule has 2 aromatic rings.